The van der Waals surface area contributed by atoms with E-state index in [9.17, 15) is 4.79 Å². The highest BCUT2D eigenvalue weighted by atomic mass is 35.5. The standard InChI is InChI=1S/C10H12ClNO3/c1-14-8-4-3-6(11)5-7(8)9(12)10(13)15-2/h3-5,9H,12H2,1-2H3. The number of carbonyl (C=O) groups is 1. The second-order valence-electron chi connectivity index (χ2n) is 2.89. The largest absolute Gasteiger partial charge is 0.496 e. The Morgan fingerprint density at radius 1 is 1.47 bits per heavy atom. The monoisotopic (exact) mass is 229 g/mol. The molecule has 0 aromatic heterocycles. The Morgan fingerprint density at radius 3 is 2.67 bits per heavy atom. The minimum atomic E-state index is -0.886. The Bertz CT molecular complexity index is 368. The second-order valence-corrected chi connectivity index (χ2v) is 3.32. The van der Waals surface area contributed by atoms with Crippen LogP contribution in [0.4, 0.5) is 0 Å². The fourth-order valence-corrected chi connectivity index (χ4v) is 1.38. The van der Waals surface area contributed by atoms with Gasteiger partial charge in [0.2, 0.25) is 0 Å². The molecule has 0 bridgehead atoms. The minimum absolute atomic E-state index is 0.491. The maximum atomic E-state index is 11.2. The number of benzene rings is 1. The average molecular weight is 230 g/mol. The second kappa shape index (κ2) is 5.00. The summed E-state index contributed by atoms with van der Waals surface area (Å²) in [5.74, 6) is -0.0205. The molecular formula is C10H12ClNO3. The van der Waals surface area contributed by atoms with Crippen LogP contribution in [0, 0.1) is 0 Å². The minimum Gasteiger partial charge on any atom is -0.496 e. The first-order valence-electron chi connectivity index (χ1n) is 4.27. The molecule has 0 saturated carbocycles. The first-order chi connectivity index (χ1) is 7.10. The zero-order chi connectivity index (χ0) is 11.4. The van der Waals surface area contributed by atoms with E-state index in [-0.39, 0.29) is 0 Å². The van der Waals surface area contributed by atoms with Gasteiger partial charge in [0.15, 0.2) is 0 Å². The van der Waals surface area contributed by atoms with Gasteiger partial charge >= 0.3 is 5.97 Å². The van der Waals surface area contributed by atoms with E-state index in [0.29, 0.717) is 16.3 Å². The Balaban J connectivity index is 3.10. The van der Waals surface area contributed by atoms with E-state index in [0.717, 1.165) is 0 Å². The van der Waals surface area contributed by atoms with Crippen LogP contribution in [-0.4, -0.2) is 20.2 Å². The van der Waals surface area contributed by atoms with Crippen molar-refractivity contribution in [3.8, 4) is 5.75 Å². The van der Waals surface area contributed by atoms with Crippen LogP contribution < -0.4 is 10.5 Å². The lowest BCUT2D eigenvalue weighted by Gasteiger charge is -2.13. The summed E-state index contributed by atoms with van der Waals surface area (Å²) < 4.78 is 9.61. The molecule has 0 spiro atoms. The normalized spacial score (nSPS) is 12.0. The molecule has 0 aliphatic heterocycles. The third kappa shape index (κ3) is 2.61. The molecule has 0 heterocycles. The van der Waals surface area contributed by atoms with Crippen molar-refractivity contribution in [1.82, 2.24) is 0 Å². The van der Waals surface area contributed by atoms with Crippen LogP contribution in [0.5, 0.6) is 5.75 Å². The number of esters is 1. The number of halogens is 1. The molecule has 1 rings (SSSR count). The quantitative estimate of drug-likeness (QED) is 0.799. The van der Waals surface area contributed by atoms with E-state index in [1.54, 1.807) is 18.2 Å². The van der Waals surface area contributed by atoms with E-state index in [1.165, 1.54) is 14.2 Å². The van der Waals surface area contributed by atoms with Gasteiger partial charge in [0, 0.05) is 10.6 Å². The average Bonchev–Trinajstić information content (AvgIpc) is 2.27. The smallest absolute Gasteiger partial charge is 0.327 e. The van der Waals surface area contributed by atoms with Crippen LogP contribution in [0.15, 0.2) is 18.2 Å². The Kier molecular flexibility index (Phi) is 3.94. The summed E-state index contributed by atoms with van der Waals surface area (Å²) in [5.41, 5.74) is 6.19. The third-order valence-electron chi connectivity index (χ3n) is 1.98. The molecule has 0 aliphatic carbocycles. The predicted molar refractivity (Wildman–Crippen MR) is 56.9 cm³/mol. The van der Waals surface area contributed by atoms with Gasteiger partial charge in [-0.1, -0.05) is 11.6 Å². The number of carbonyl (C=O) groups excluding carboxylic acids is 1. The van der Waals surface area contributed by atoms with Gasteiger partial charge in [-0.05, 0) is 18.2 Å². The van der Waals surface area contributed by atoms with E-state index in [1.807, 2.05) is 0 Å². The zero-order valence-electron chi connectivity index (χ0n) is 8.49. The first kappa shape index (κ1) is 11.8. The summed E-state index contributed by atoms with van der Waals surface area (Å²) in [7, 11) is 2.77. The van der Waals surface area contributed by atoms with Crippen molar-refractivity contribution in [3.05, 3.63) is 28.8 Å². The van der Waals surface area contributed by atoms with Crippen molar-refractivity contribution in [2.45, 2.75) is 6.04 Å². The van der Waals surface area contributed by atoms with Gasteiger partial charge in [-0.15, -0.1) is 0 Å². The van der Waals surface area contributed by atoms with Crippen molar-refractivity contribution in [2.24, 2.45) is 5.73 Å². The molecule has 0 radical (unpaired) electrons. The lowest BCUT2D eigenvalue weighted by Crippen LogP contribution is -2.23. The lowest BCUT2D eigenvalue weighted by atomic mass is 10.1. The molecule has 1 unspecified atom stereocenters. The molecule has 4 nitrogen and oxygen atoms in total. The van der Waals surface area contributed by atoms with Gasteiger partial charge in [0.25, 0.3) is 0 Å². The highest BCUT2D eigenvalue weighted by molar-refractivity contribution is 6.30. The van der Waals surface area contributed by atoms with E-state index < -0.39 is 12.0 Å². The molecule has 82 valence electrons. The molecule has 0 aliphatic rings. The SMILES string of the molecule is COC(=O)C(N)c1cc(Cl)ccc1OC. The lowest BCUT2D eigenvalue weighted by molar-refractivity contribution is -0.142. The van der Waals surface area contributed by atoms with Crippen molar-refractivity contribution in [2.75, 3.05) is 14.2 Å². The summed E-state index contributed by atoms with van der Waals surface area (Å²) in [6.07, 6.45) is 0. The molecule has 1 aromatic rings. The zero-order valence-corrected chi connectivity index (χ0v) is 9.25. The van der Waals surface area contributed by atoms with Crippen LogP contribution in [0.3, 0.4) is 0 Å². The van der Waals surface area contributed by atoms with E-state index in [2.05, 4.69) is 4.74 Å². The summed E-state index contributed by atoms with van der Waals surface area (Å²) in [6.45, 7) is 0. The Labute approximate surface area is 92.9 Å². The fraction of sp³-hybridized carbons (Fsp3) is 0.300. The number of rotatable bonds is 3. The number of hydrogen-bond donors (Lipinski definition) is 1. The van der Waals surface area contributed by atoms with Gasteiger partial charge in [0.05, 0.1) is 14.2 Å². The van der Waals surface area contributed by atoms with Crippen LogP contribution in [0.25, 0.3) is 0 Å². The molecule has 0 amide bonds. The first-order valence-corrected chi connectivity index (χ1v) is 4.64. The molecular weight excluding hydrogens is 218 g/mol. The van der Waals surface area contributed by atoms with Crippen LogP contribution >= 0.6 is 11.6 Å². The highest BCUT2D eigenvalue weighted by Crippen LogP contribution is 2.27. The third-order valence-corrected chi connectivity index (χ3v) is 2.22. The van der Waals surface area contributed by atoms with Gasteiger partial charge in [-0.25, -0.2) is 0 Å². The van der Waals surface area contributed by atoms with E-state index in [4.69, 9.17) is 22.1 Å². The summed E-state index contributed by atoms with van der Waals surface area (Å²) >= 11 is 5.80. The van der Waals surface area contributed by atoms with Gasteiger partial charge in [-0.2, -0.15) is 0 Å². The van der Waals surface area contributed by atoms with Crippen LogP contribution in [-0.2, 0) is 9.53 Å². The number of ether oxygens (including phenoxy) is 2. The van der Waals surface area contributed by atoms with Crippen molar-refractivity contribution in [3.63, 3.8) is 0 Å². The molecule has 15 heavy (non-hydrogen) atoms. The molecule has 5 heteroatoms. The number of methoxy groups -OCH3 is 2. The molecule has 1 atom stereocenters. The number of hydrogen-bond acceptors (Lipinski definition) is 4. The maximum absolute atomic E-state index is 11.2. The van der Waals surface area contributed by atoms with E-state index >= 15 is 0 Å². The Hall–Kier alpha value is -1.26. The summed E-state index contributed by atoms with van der Waals surface area (Å²) in [6, 6.07) is 4.01. The molecule has 2 N–H and O–H groups in total. The van der Waals surface area contributed by atoms with Gasteiger partial charge in [0.1, 0.15) is 11.8 Å². The van der Waals surface area contributed by atoms with Crippen LogP contribution in [0.1, 0.15) is 11.6 Å². The fourth-order valence-electron chi connectivity index (χ4n) is 1.20. The topological polar surface area (TPSA) is 61.5 Å². The van der Waals surface area contributed by atoms with Crippen molar-refractivity contribution >= 4 is 17.6 Å². The Morgan fingerprint density at radius 2 is 2.13 bits per heavy atom. The summed E-state index contributed by atoms with van der Waals surface area (Å²) in [4.78, 5) is 11.2. The molecule has 0 fully saturated rings. The molecule has 0 saturated heterocycles. The van der Waals surface area contributed by atoms with Gasteiger partial charge in [-0.3, -0.25) is 4.79 Å². The summed E-state index contributed by atoms with van der Waals surface area (Å²) in [5, 5.41) is 0.491. The molecule has 1 aromatic carbocycles. The predicted octanol–water partition coefficient (Wildman–Crippen LogP) is 1.52. The van der Waals surface area contributed by atoms with Crippen molar-refractivity contribution < 1.29 is 14.3 Å². The van der Waals surface area contributed by atoms with Crippen molar-refractivity contribution in [1.29, 1.82) is 0 Å². The maximum Gasteiger partial charge on any atom is 0.327 e. The van der Waals surface area contributed by atoms with Gasteiger partial charge < -0.3 is 15.2 Å². The highest BCUT2D eigenvalue weighted by Gasteiger charge is 2.20. The number of nitrogens with two attached hydrogens (primary N) is 1. The van der Waals surface area contributed by atoms with Crippen LogP contribution in [0.2, 0.25) is 5.02 Å².